The zero-order chi connectivity index (χ0) is 16.1. The third-order valence-electron chi connectivity index (χ3n) is 3.02. The highest BCUT2D eigenvalue weighted by Crippen LogP contribution is 2.37. The van der Waals surface area contributed by atoms with E-state index in [1.54, 1.807) is 11.8 Å². The molecule has 0 bridgehead atoms. The van der Waals surface area contributed by atoms with Gasteiger partial charge in [-0.3, -0.25) is 0 Å². The summed E-state index contributed by atoms with van der Waals surface area (Å²) in [6, 6.07) is 9.75. The van der Waals surface area contributed by atoms with Crippen molar-refractivity contribution in [2.45, 2.75) is 29.9 Å². The molecule has 120 valence electrons. The minimum atomic E-state index is 0.0203. The summed E-state index contributed by atoms with van der Waals surface area (Å²) in [5.41, 5.74) is 0.922. The Morgan fingerprint density at radius 3 is 2.78 bits per heavy atom. The van der Waals surface area contributed by atoms with Crippen LogP contribution in [0.1, 0.15) is 31.4 Å². The molecule has 0 spiro atoms. The number of nitrogens with one attached hydrogen (secondary N) is 1. The zero-order valence-electron chi connectivity index (χ0n) is 12.9. The van der Waals surface area contributed by atoms with Crippen molar-refractivity contribution in [3.63, 3.8) is 0 Å². The van der Waals surface area contributed by atoms with E-state index in [2.05, 4.69) is 32.6 Å². The molecule has 23 heavy (non-hydrogen) atoms. The number of hydrogen-bond acceptors (Lipinski definition) is 8. The number of aromatic nitrogens is 4. The summed E-state index contributed by atoms with van der Waals surface area (Å²) in [6.45, 7) is 5.04. The highest BCUT2D eigenvalue weighted by atomic mass is 32.2. The lowest BCUT2D eigenvalue weighted by Gasteiger charge is -2.02. The van der Waals surface area contributed by atoms with Gasteiger partial charge in [0.25, 0.3) is 0 Å². The molecule has 0 aliphatic rings. The number of benzene rings is 1. The first-order valence-electron chi connectivity index (χ1n) is 7.39. The summed E-state index contributed by atoms with van der Waals surface area (Å²) in [6.07, 6.45) is 1.06. The van der Waals surface area contributed by atoms with Gasteiger partial charge in [0.05, 0.1) is 5.25 Å². The highest BCUT2D eigenvalue weighted by Gasteiger charge is 2.18. The largest absolute Gasteiger partial charge is 0.419 e. The molecule has 0 aliphatic heterocycles. The van der Waals surface area contributed by atoms with Crippen LogP contribution in [0.4, 0.5) is 5.13 Å². The van der Waals surface area contributed by atoms with Crippen molar-refractivity contribution in [3.05, 3.63) is 36.2 Å². The summed E-state index contributed by atoms with van der Waals surface area (Å²) < 4.78 is 6.66. The maximum Gasteiger partial charge on any atom is 0.247 e. The van der Waals surface area contributed by atoms with Crippen LogP contribution in [0.5, 0.6) is 0 Å². The molecule has 6 nitrogen and oxygen atoms in total. The second-order valence-corrected chi connectivity index (χ2v) is 7.44. The van der Waals surface area contributed by atoms with Gasteiger partial charge in [0.15, 0.2) is 4.34 Å². The molecule has 3 aromatic rings. The monoisotopic (exact) mass is 347 g/mol. The standard InChI is InChI=1S/C15H17N5OS2/c1-3-9-16-14-19-20-15(23-14)22-10(2)12-17-18-13(21-12)11-7-5-4-6-8-11/h4-8,10H,3,9H2,1-2H3,(H,16,19). The molecular formula is C15H17N5OS2. The van der Waals surface area contributed by atoms with Crippen molar-refractivity contribution in [2.24, 2.45) is 0 Å². The maximum absolute atomic E-state index is 5.77. The Hall–Kier alpha value is -1.93. The molecule has 2 aromatic heterocycles. The van der Waals surface area contributed by atoms with Crippen LogP contribution in [0.2, 0.25) is 0 Å². The topological polar surface area (TPSA) is 76.7 Å². The van der Waals surface area contributed by atoms with Gasteiger partial charge in [-0.2, -0.15) is 0 Å². The zero-order valence-corrected chi connectivity index (χ0v) is 14.5. The molecular weight excluding hydrogens is 330 g/mol. The third kappa shape index (κ3) is 4.08. The van der Waals surface area contributed by atoms with Crippen LogP contribution in [0, 0.1) is 0 Å². The Labute approximate surface area is 142 Å². The average molecular weight is 347 g/mol. The van der Waals surface area contributed by atoms with Crippen molar-refractivity contribution in [2.75, 3.05) is 11.9 Å². The Morgan fingerprint density at radius 2 is 2.00 bits per heavy atom. The summed E-state index contributed by atoms with van der Waals surface area (Å²) in [7, 11) is 0. The van der Waals surface area contributed by atoms with Crippen LogP contribution in [0.15, 0.2) is 39.1 Å². The lowest BCUT2D eigenvalue weighted by Crippen LogP contribution is -1.98. The van der Waals surface area contributed by atoms with E-state index in [0.29, 0.717) is 11.8 Å². The molecule has 8 heteroatoms. The third-order valence-corrected chi connectivity index (χ3v) is 5.07. The van der Waals surface area contributed by atoms with Gasteiger partial charge in [-0.1, -0.05) is 48.2 Å². The minimum absolute atomic E-state index is 0.0203. The van der Waals surface area contributed by atoms with Gasteiger partial charge in [0, 0.05) is 12.1 Å². The molecule has 2 heterocycles. The van der Waals surface area contributed by atoms with Crippen molar-refractivity contribution < 1.29 is 4.42 Å². The molecule has 0 saturated carbocycles. The van der Waals surface area contributed by atoms with E-state index in [1.807, 2.05) is 37.3 Å². The lowest BCUT2D eigenvalue weighted by atomic mass is 10.2. The van der Waals surface area contributed by atoms with Gasteiger partial charge in [0.1, 0.15) is 0 Å². The molecule has 0 saturated heterocycles. The Morgan fingerprint density at radius 1 is 1.17 bits per heavy atom. The van der Waals surface area contributed by atoms with E-state index < -0.39 is 0 Å². The smallest absolute Gasteiger partial charge is 0.247 e. The molecule has 1 atom stereocenters. The summed E-state index contributed by atoms with van der Waals surface area (Å²) in [5, 5.41) is 20.7. The van der Waals surface area contributed by atoms with Gasteiger partial charge in [0.2, 0.25) is 16.9 Å². The van der Waals surface area contributed by atoms with Crippen molar-refractivity contribution in [3.8, 4) is 11.5 Å². The minimum Gasteiger partial charge on any atom is -0.419 e. The van der Waals surface area contributed by atoms with Crippen LogP contribution in [-0.4, -0.2) is 26.9 Å². The van der Waals surface area contributed by atoms with Crippen LogP contribution in [-0.2, 0) is 0 Å². The van der Waals surface area contributed by atoms with Gasteiger partial charge in [-0.15, -0.1) is 20.4 Å². The fraction of sp³-hybridized carbons (Fsp3) is 0.333. The Balaban J connectivity index is 1.65. The number of rotatable bonds is 7. The van der Waals surface area contributed by atoms with E-state index >= 15 is 0 Å². The number of anilines is 1. The van der Waals surface area contributed by atoms with E-state index in [0.717, 1.165) is 28.0 Å². The van der Waals surface area contributed by atoms with Crippen molar-refractivity contribution in [1.82, 2.24) is 20.4 Å². The normalized spacial score (nSPS) is 12.3. The highest BCUT2D eigenvalue weighted by molar-refractivity contribution is 8.01. The van der Waals surface area contributed by atoms with E-state index in [9.17, 15) is 0 Å². The van der Waals surface area contributed by atoms with E-state index in [1.165, 1.54) is 11.3 Å². The quantitative estimate of drug-likeness (QED) is 0.640. The molecule has 1 aromatic carbocycles. The fourth-order valence-electron chi connectivity index (χ4n) is 1.86. The number of hydrogen-bond donors (Lipinski definition) is 1. The molecule has 0 radical (unpaired) electrons. The van der Waals surface area contributed by atoms with Crippen LogP contribution in [0.3, 0.4) is 0 Å². The first kappa shape index (κ1) is 15.9. The fourth-order valence-corrected chi connectivity index (χ4v) is 3.81. The molecule has 3 rings (SSSR count). The molecule has 0 amide bonds. The van der Waals surface area contributed by atoms with E-state index in [4.69, 9.17) is 4.42 Å². The lowest BCUT2D eigenvalue weighted by molar-refractivity contribution is 0.509. The van der Waals surface area contributed by atoms with Crippen LogP contribution < -0.4 is 5.32 Å². The Bertz CT molecular complexity index is 743. The van der Waals surface area contributed by atoms with Crippen molar-refractivity contribution >= 4 is 28.2 Å². The maximum atomic E-state index is 5.77. The summed E-state index contributed by atoms with van der Waals surface area (Å²) in [4.78, 5) is 0. The summed E-state index contributed by atoms with van der Waals surface area (Å²) in [5.74, 6) is 1.13. The van der Waals surface area contributed by atoms with Gasteiger partial charge in [-0.25, -0.2) is 0 Å². The predicted molar refractivity (Wildman–Crippen MR) is 92.7 cm³/mol. The second kappa shape index (κ2) is 7.56. The van der Waals surface area contributed by atoms with Gasteiger partial charge >= 0.3 is 0 Å². The SMILES string of the molecule is CCCNc1nnc(SC(C)c2nnc(-c3ccccc3)o2)s1. The molecule has 1 N–H and O–H groups in total. The van der Waals surface area contributed by atoms with Crippen molar-refractivity contribution in [1.29, 1.82) is 0 Å². The summed E-state index contributed by atoms with van der Waals surface area (Å²) >= 11 is 3.11. The van der Waals surface area contributed by atoms with E-state index in [-0.39, 0.29) is 5.25 Å². The number of nitrogens with zero attached hydrogens (tertiary/aromatic N) is 4. The molecule has 0 aliphatic carbocycles. The van der Waals surface area contributed by atoms with Crippen LogP contribution in [0.25, 0.3) is 11.5 Å². The van der Waals surface area contributed by atoms with Gasteiger partial charge < -0.3 is 9.73 Å². The van der Waals surface area contributed by atoms with Crippen LogP contribution >= 0.6 is 23.1 Å². The first-order chi connectivity index (χ1) is 11.3. The second-order valence-electron chi connectivity index (χ2n) is 4.87. The molecule has 1 unspecified atom stereocenters. The molecule has 0 fully saturated rings. The number of thioether (sulfide) groups is 1. The predicted octanol–water partition coefficient (Wildman–Crippen LogP) is 4.26. The Kier molecular flexibility index (Phi) is 5.24. The van der Waals surface area contributed by atoms with Gasteiger partial charge in [-0.05, 0) is 25.5 Å². The average Bonchev–Trinajstić information content (AvgIpc) is 3.23. The first-order valence-corrected chi connectivity index (χ1v) is 9.08.